The highest BCUT2D eigenvalue weighted by Crippen LogP contribution is 2.65. The van der Waals surface area contributed by atoms with Gasteiger partial charge < -0.3 is 0 Å². The third-order valence-corrected chi connectivity index (χ3v) is 15.1. The van der Waals surface area contributed by atoms with E-state index < -0.39 is 5.41 Å². The molecule has 0 radical (unpaired) electrons. The van der Waals surface area contributed by atoms with E-state index in [4.69, 9.17) is 4.98 Å². The Hall–Kier alpha value is -7.39. The van der Waals surface area contributed by atoms with Crippen LogP contribution in [0, 0.1) is 13.8 Å². The lowest BCUT2D eigenvalue weighted by Crippen LogP contribution is -2.25. The Balaban J connectivity index is 1.03. The van der Waals surface area contributed by atoms with E-state index in [-0.39, 0.29) is 0 Å². The van der Waals surface area contributed by atoms with Gasteiger partial charge in [-0.2, -0.15) is 0 Å². The van der Waals surface area contributed by atoms with Crippen molar-refractivity contribution in [3.63, 3.8) is 0 Å². The summed E-state index contributed by atoms with van der Waals surface area (Å²) < 4.78 is 2.69. The maximum absolute atomic E-state index is 5.44. The van der Waals surface area contributed by atoms with E-state index in [0.717, 1.165) is 22.2 Å². The van der Waals surface area contributed by atoms with Gasteiger partial charge >= 0.3 is 0 Å². The molecule has 0 aliphatic heterocycles. The van der Waals surface area contributed by atoms with Crippen molar-refractivity contribution in [3.05, 3.63) is 234 Å². The second-order valence-corrected chi connectivity index (χ2v) is 18.1. The zero-order valence-corrected chi connectivity index (χ0v) is 35.2. The molecule has 2 aliphatic carbocycles. The number of nitrogens with zero attached hydrogens (tertiary/aromatic N) is 1. The first kappa shape index (κ1) is 35.4. The fourth-order valence-electron chi connectivity index (χ4n) is 11.1. The maximum atomic E-state index is 5.44. The molecule has 0 fully saturated rings. The molecule has 290 valence electrons. The maximum Gasteiger partial charge on any atom is 0.0726 e. The molecule has 1 nitrogen and oxygen atoms in total. The Bertz CT molecular complexity index is 3630. The zero-order valence-electron chi connectivity index (χ0n) is 34.4. The molecule has 9 aromatic carbocycles. The first-order valence-electron chi connectivity index (χ1n) is 21.5. The lowest BCUT2D eigenvalue weighted by Gasteiger charge is -2.30. The van der Waals surface area contributed by atoms with Crippen molar-refractivity contribution in [1.29, 1.82) is 0 Å². The molecular formula is C60H39NS. The summed E-state index contributed by atoms with van der Waals surface area (Å²) in [6.45, 7) is 4.46. The number of pyridine rings is 1. The summed E-state index contributed by atoms with van der Waals surface area (Å²) in [5.41, 5.74) is 23.3. The highest BCUT2D eigenvalue weighted by Gasteiger charge is 2.52. The fraction of sp³-hybridized carbons (Fsp3) is 0.0500. The molecule has 1 spiro atoms. The minimum Gasteiger partial charge on any atom is -0.248 e. The summed E-state index contributed by atoms with van der Waals surface area (Å²) in [6, 6.07) is 74.5. The molecule has 0 N–H and O–H groups in total. The monoisotopic (exact) mass is 805 g/mol. The average Bonchev–Trinajstić information content (AvgIpc) is 3.95. The number of hydrogen-bond donors (Lipinski definition) is 0. The Labute approximate surface area is 365 Å². The van der Waals surface area contributed by atoms with Gasteiger partial charge in [-0.05, 0) is 128 Å². The topological polar surface area (TPSA) is 12.9 Å². The Morgan fingerprint density at radius 1 is 0.387 bits per heavy atom. The third kappa shape index (κ3) is 4.87. The van der Waals surface area contributed by atoms with Gasteiger partial charge in [-0.3, -0.25) is 0 Å². The molecule has 2 heterocycles. The van der Waals surface area contributed by atoms with Gasteiger partial charge in [-0.1, -0.05) is 170 Å². The van der Waals surface area contributed by atoms with Gasteiger partial charge in [0.2, 0.25) is 0 Å². The van der Waals surface area contributed by atoms with Crippen LogP contribution in [-0.4, -0.2) is 4.98 Å². The highest BCUT2D eigenvalue weighted by molar-refractivity contribution is 7.26. The second-order valence-electron chi connectivity index (χ2n) is 17.0. The molecule has 0 amide bonds. The van der Waals surface area contributed by atoms with Gasteiger partial charge in [0.05, 0.1) is 16.6 Å². The average molecular weight is 806 g/mol. The van der Waals surface area contributed by atoms with Crippen LogP contribution in [0.5, 0.6) is 0 Å². The molecule has 0 atom stereocenters. The minimum absolute atomic E-state index is 0.461. The van der Waals surface area contributed by atoms with Crippen LogP contribution in [0.1, 0.15) is 33.4 Å². The van der Waals surface area contributed by atoms with Crippen LogP contribution >= 0.6 is 11.3 Å². The fourth-order valence-corrected chi connectivity index (χ4v) is 12.4. The quantitative estimate of drug-likeness (QED) is 0.173. The predicted octanol–water partition coefficient (Wildman–Crippen LogP) is 16.2. The number of aryl methyl sites for hydroxylation is 1. The standard InChI is InChI=1S/C60H39NS/c1-36-15-3-4-18-41(36)43-24-14-23-42(37(43)2)38-16-13-17-39(33-38)50-35-56(61-55-27-11-7-21-46(50)55)40-29-30-49-54(34-40)60(51-25-9-5-19-44(51)45-20-6-10-26-52(45)60)53-32-31-48-47-22-8-12-28-57(47)62-59(48)58(49)53/h3-35H,1-2H3. The second kappa shape index (κ2) is 13.3. The summed E-state index contributed by atoms with van der Waals surface area (Å²) in [4.78, 5) is 5.44. The molecule has 0 saturated heterocycles. The Morgan fingerprint density at radius 3 is 1.84 bits per heavy atom. The molecule has 0 unspecified atom stereocenters. The van der Waals surface area contributed by atoms with Gasteiger partial charge in [0.1, 0.15) is 0 Å². The third-order valence-electron chi connectivity index (χ3n) is 13.9. The first-order valence-corrected chi connectivity index (χ1v) is 22.4. The summed E-state index contributed by atoms with van der Waals surface area (Å²) in [6.07, 6.45) is 0. The number of thiophene rings is 1. The molecule has 2 aliphatic rings. The number of fused-ring (bicyclic) bond motifs is 15. The van der Waals surface area contributed by atoms with Crippen molar-refractivity contribution >= 4 is 42.4 Å². The van der Waals surface area contributed by atoms with Crippen molar-refractivity contribution in [2.24, 2.45) is 0 Å². The molecule has 2 aromatic heterocycles. The zero-order chi connectivity index (χ0) is 41.1. The van der Waals surface area contributed by atoms with Crippen LogP contribution in [0.15, 0.2) is 200 Å². The molecule has 2 heteroatoms. The van der Waals surface area contributed by atoms with Gasteiger partial charge in [0, 0.05) is 36.7 Å². The van der Waals surface area contributed by atoms with Gasteiger partial charge in [-0.15, -0.1) is 11.3 Å². The molecular weight excluding hydrogens is 767 g/mol. The number of rotatable bonds is 4. The Kier molecular flexibility index (Phi) is 7.59. The van der Waals surface area contributed by atoms with E-state index in [9.17, 15) is 0 Å². The molecule has 0 saturated carbocycles. The van der Waals surface area contributed by atoms with Crippen molar-refractivity contribution in [2.45, 2.75) is 19.3 Å². The number of benzene rings is 9. The SMILES string of the molecule is Cc1ccccc1-c1cccc(-c2cccc(-c3cc(-c4ccc5c(c4)C4(c6ccccc6-c6ccccc64)c4ccc6c(sc7ccccc76)c4-5)nc4ccccc34)c2)c1C. The number of para-hydroxylation sites is 1. The summed E-state index contributed by atoms with van der Waals surface area (Å²) in [7, 11) is 0. The normalized spacial score (nSPS) is 13.1. The summed E-state index contributed by atoms with van der Waals surface area (Å²) in [5.74, 6) is 0. The minimum atomic E-state index is -0.461. The number of hydrogen-bond acceptors (Lipinski definition) is 2. The van der Waals surface area contributed by atoms with Gasteiger partial charge in [-0.25, -0.2) is 4.98 Å². The van der Waals surface area contributed by atoms with E-state index in [0.29, 0.717) is 0 Å². The van der Waals surface area contributed by atoms with E-state index in [1.165, 1.54) is 109 Å². The van der Waals surface area contributed by atoms with Crippen LogP contribution in [0.25, 0.3) is 98.0 Å². The van der Waals surface area contributed by atoms with E-state index >= 15 is 0 Å². The van der Waals surface area contributed by atoms with E-state index in [2.05, 4.69) is 214 Å². The van der Waals surface area contributed by atoms with Gasteiger partial charge in [0.25, 0.3) is 0 Å². The van der Waals surface area contributed by atoms with Crippen LogP contribution in [-0.2, 0) is 5.41 Å². The smallest absolute Gasteiger partial charge is 0.0726 e. The van der Waals surface area contributed by atoms with Crippen LogP contribution < -0.4 is 0 Å². The van der Waals surface area contributed by atoms with Crippen molar-refractivity contribution in [2.75, 3.05) is 0 Å². The van der Waals surface area contributed by atoms with Crippen molar-refractivity contribution in [3.8, 4) is 66.9 Å². The molecule has 0 bridgehead atoms. The highest BCUT2D eigenvalue weighted by atomic mass is 32.1. The van der Waals surface area contributed by atoms with Crippen LogP contribution in [0.4, 0.5) is 0 Å². The lowest BCUT2D eigenvalue weighted by molar-refractivity contribution is 0.795. The molecule has 11 aromatic rings. The first-order chi connectivity index (χ1) is 30.6. The summed E-state index contributed by atoms with van der Waals surface area (Å²) >= 11 is 1.92. The number of aromatic nitrogens is 1. The van der Waals surface area contributed by atoms with Crippen LogP contribution in [0.3, 0.4) is 0 Å². The lowest BCUT2D eigenvalue weighted by atomic mass is 9.70. The summed E-state index contributed by atoms with van der Waals surface area (Å²) in [5, 5.41) is 3.80. The van der Waals surface area contributed by atoms with E-state index in [1.807, 2.05) is 11.3 Å². The molecule has 13 rings (SSSR count). The Morgan fingerprint density at radius 2 is 1.03 bits per heavy atom. The molecule has 62 heavy (non-hydrogen) atoms. The largest absolute Gasteiger partial charge is 0.248 e. The predicted molar refractivity (Wildman–Crippen MR) is 262 cm³/mol. The van der Waals surface area contributed by atoms with Crippen molar-refractivity contribution in [1.82, 2.24) is 4.98 Å². The van der Waals surface area contributed by atoms with Gasteiger partial charge in [0.15, 0.2) is 0 Å². The van der Waals surface area contributed by atoms with E-state index in [1.54, 1.807) is 0 Å². The van der Waals surface area contributed by atoms with Crippen LogP contribution in [0.2, 0.25) is 0 Å². The van der Waals surface area contributed by atoms with Crippen molar-refractivity contribution < 1.29 is 0 Å².